The molecular formula is C39H51F2N5O4S. The molecule has 2 atom stereocenters. The molecule has 3 aromatic rings. The highest BCUT2D eigenvalue weighted by molar-refractivity contribution is 7.23. The number of nitrogens with zero attached hydrogens (tertiary/aromatic N) is 4. The molecule has 0 saturated carbocycles. The summed E-state index contributed by atoms with van der Waals surface area (Å²) < 4.78 is 49.8. The first-order valence-electron chi connectivity index (χ1n) is 17.7. The molecular weight excluding hydrogens is 673 g/mol. The van der Waals surface area contributed by atoms with Crippen LogP contribution in [0.5, 0.6) is 0 Å². The van der Waals surface area contributed by atoms with Crippen molar-refractivity contribution in [2.24, 2.45) is 10.9 Å². The number of aliphatic imine (C=N–C) groups is 1. The largest absolute Gasteiger partial charge is 0.444 e. The third-order valence-electron chi connectivity index (χ3n) is 8.70. The number of rotatable bonds is 7. The number of amides is 1. The fourth-order valence-corrected chi connectivity index (χ4v) is 7.22. The molecule has 0 radical (unpaired) electrons. The Hall–Kier alpha value is -3.92. The van der Waals surface area contributed by atoms with Gasteiger partial charge < -0.3 is 19.1 Å². The molecule has 1 N–H and O–H groups in total. The fourth-order valence-electron chi connectivity index (χ4n) is 6.18. The number of carbonyl (C=O) groups excluding carboxylic acids is 1. The van der Waals surface area contributed by atoms with Crippen LogP contribution in [0.3, 0.4) is 0 Å². The van der Waals surface area contributed by atoms with E-state index in [-0.39, 0.29) is 51.2 Å². The van der Waals surface area contributed by atoms with Crippen molar-refractivity contribution in [1.29, 1.82) is 5.26 Å². The quantitative estimate of drug-likeness (QED) is 0.193. The Balaban J connectivity index is 0.00000188. The summed E-state index contributed by atoms with van der Waals surface area (Å²) in [6.45, 7) is 22.0. The topological polar surface area (TPSA) is 109 Å². The second-order valence-electron chi connectivity index (χ2n) is 14.1. The zero-order valence-electron chi connectivity index (χ0n) is 31.6. The van der Waals surface area contributed by atoms with Gasteiger partial charge in [0.05, 0.1) is 41.5 Å². The summed E-state index contributed by atoms with van der Waals surface area (Å²) in [7, 11) is 0. The Morgan fingerprint density at radius 3 is 2.51 bits per heavy atom. The standard InChI is InChI=1S/C36H43F2N5O4S.C3H8/c1-9-11-46-27-16-43(15-20(27)4)21(5)40-13-23-24-17-45-18-25(24)29(31(38)28(23)19(3)10-2)32-30-22(12-39)34(42-35(44)47-36(6,7)8)48-33(30)26(37)14-41-32;1-3-2/h13-14,20,27H,9-11,15-18H2,1-8H3,(H,42,44);3H2,1-2H3/b23-13-,28-19?,40-21?;. The van der Waals surface area contributed by atoms with Crippen LogP contribution in [0, 0.1) is 28.9 Å². The first kappa shape index (κ1) is 39.9. The van der Waals surface area contributed by atoms with Crippen LogP contribution in [0.25, 0.3) is 33.1 Å². The molecule has 2 aliphatic heterocycles. The first-order chi connectivity index (χ1) is 24.2. The average Bonchev–Trinajstić information content (AvgIpc) is 3.79. The van der Waals surface area contributed by atoms with Gasteiger partial charge in [-0.3, -0.25) is 10.3 Å². The molecule has 0 spiro atoms. The highest BCUT2D eigenvalue weighted by Gasteiger charge is 2.32. The van der Waals surface area contributed by atoms with Gasteiger partial charge in [-0.25, -0.2) is 18.6 Å². The van der Waals surface area contributed by atoms with Crippen molar-refractivity contribution in [2.45, 2.75) is 113 Å². The van der Waals surface area contributed by atoms with Gasteiger partial charge >= 0.3 is 6.09 Å². The van der Waals surface area contributed by atoms with E-state index in [1.54, 1.807) is 27.0 Å². The van der Waals surface area contributed by atoms with Gasteiger partial charge in [0.15, 0.2) is 5.82 Å². The highest BCUT2D eigenvalue weighted by atomic mass is 32.1. The lowest BCUT2D eigenvalue weighted by molar-refractivity contribution is 0.0408. The van der Waals surface area contributed by atoms with E-state index in [4.69, 9.17) is 19.2 Å². The molecule has 1 amide bonds. The van der Waals surface area contributed by atoms with E-state index in [1.807, 2.05) is 20.8 Å². The number of halogens is 2. The molecule has 2 unspecified atom stereocenters. The number of aromatic nitrogens is 1. The summed E-state index contributed by atoms with van der Waals surface area (Å²) in [4.78, 5) is 24.0. The van der Waals surface area contributed by atoms with Crippen LogP contribution in [0.2, 0.25) is 0 Å². The molecule has 51 heavy (non-hydrogen) atoms. The maximum atomic E-state index is 17.1. The number of ether oxygens (including phenoxy) is 3. The lowest BCUT2D eigenvalue weighted by Crippen LogP contribution is -2.35. The first-order valence-corrected chi connectivity index (χ1v) is 18.6. The molecule has 276 valence electrons. The Labute approximate surface area is 304 Å². The van der Waals surface area contributed by atoms with E-state index in [2.05, 4.69) is 49.0 Å². The number of nitrogens with one attached hydrogen (secondary N) is 1. The zero-order chi connectivity index (χ0) is 37.6. The minimum atomic E-state index is -0.793. The van der Waals surface area contributed by atoms with Gasteiger partial charge in [0.2, 0.25) is 0 Å². The van der Waals surface area contributed by atoms with Crippen LogP contribution in [-0.4, -0.2) is 53.2 Å². The van der Waals surface area contributed by atoms with Crippen molar-refractivity contribution >= 4 is 50.1 Å². The highest BCUT2D eigenvalue weighted by Crippen LogP contribution is 2.43. The van der Waals surface area contributed by atoms with E-state index in [0.29, 0.717) is 28.3 Å². The number of anilines is 1. The van der Waals surface area contributed by atoms with Gasteiger partial charge in [0.25, 0.3) is 0 Å². The number of benzene rings is 1. The van der Waals surface area contributed by atoms with Crippen LogP contribution >= 0.6 is 11.3 Å². The van der Waals surface area contributed by atoms with Crippen LogP contribution in [0.1, 0.15) is 105 Å². The summed E-state index contributed by atoms with van der Waals surface area (Å²) in [6.07, 6.45) is 4.86. The van der Waals surface area contributed by atoms with Crippen molar-refractivity contribution < 1.29 is 27.8 Å². The van der Waals surface area contributed by atoms with E-state index >= 15 is 8.78 Å². The van der Waals surface area contributed by atoms with Crippen LogP contribution in [0.4, 0.5) is 18.6 Å². The van der Waals surface area contributed by atoms with E-state index in [9.17, 15) is 10.1 Å². The molecule has 0 bridgehead atoms. The van der Waals surface area contributed by atoms with Crippen molar-refractivity contribution in [2.75, 3.05) is 25.0 Å². The number of hydrogen-bond donors (Lipinski definition) is 1. The predicted molar refractivity (Wildman–Crippen MR) is 201 cm³/mol. The monoisotopic (exact) mass is 723 g/mol. The van der Waals surface area contributed by atoms with E-state index in [0.717, 1.165) is 60.6 Å². The summed E-state index contributed by atoms with van der Waals surface area (Å²) in [5.74, 6) is -0.0634. The van der Waals surface area contributed by atoms with Crippen molar-refractivity contribution in [3.63, 3.8) is 0 Å². The minimum Gasteiger partial charge on any atom is -0.444 e. The lowest BCUT2D eigenvalue weighted by Gasteiger charge is -2.19. The van der Waals surface area contributed by atoms with Crippen LogP contribution in [-0.2, 0) is 27.4 Å². The summed E-state index contributed by atoms with van der Waals surface area (Å²) >= 11 is 0.877. The summed E-state index contributed by atoms with van der Waals surface area (Å²) in [6, 6.07) is 2.09. The molecule has 9 nitrogen and oxygen atoms in total. The molecule has 12 heteroatoms. The van der Waals surface area contributed by atoms with Crippen molar-refractivity contribution in [1.82, 2.24) is 9.88 Å². The smallest absolute Gasteiger partial charge is 0.412 e. The normalized spacial score (nSPS) is 18.4. The molecule has 0 aliphatic carbocycles. The average molecular weight is 724 g/mol. The minimum absolute atomic E-state index is 0.0235. The molecule has 5 rings (SSSR count). The number of fused-ring (bicyclic) bond motifs is 2. The maximum absolute atomic E-state index is 17.1. The van der Waals surface area contributed by atoms with Gasteiger partial charge in [-0.05, 0) is 58.6 Å². The van der Waals surface area contributed by atoms with Crippen LogP contribution < -0.4 is 15.8 Å². The Bertz CT molecular complexity index is 1960. The fraction of sp³-hybridized carbons (Fsp3) is 0.538. The number of hydrogen-bond acceptors (Lipinski definition) is 8. The van der Waals surface area contributed by atoms with Crippen molar-refractivity contribution in [3.05, 3.63) is 45.0 Å². The molecule has 1 fully saturated rings. The predicted octanol–water partition coefficient (Wildman–Crippen LogP) is 8.39. The van der Waals surface area contributed by atoms with Gasteiger partial charge in [-0.15, -0.1) is 11.3 Å². The maximum Gasteiger partial charge on any atom is 0.412 e. The molecule has 4 heterocycles. The summed E-state index contributed by atoms with van der Waals surface area (Å²) in [5.41, 5.74) is 1.57. The Morgan fingerprint density at radius 2 is 1.88 bits per heavy atom. The van der Waals surface area contributed by atoms with E-state index in [1.165, 1.54) is 6.42 Å². The molecule has 1 aromatic carbocycles. The van der Waals surface area contributed by atoms with Gasteiger partial charge in [0, 0.05) is 53.2 Å². The van der Waals surface area contributed by atoms with Gasteiger partial charge in [-0.2, -0.15) is 5.26 Å². The molecule has 1 saturated heterocycles. The van der Waals surface area contributed by atoms with E-state index < -0.39 is 23.3 Å². The van der Waals surface area contributed by atoms with Crippen LogP contribution in [0.15, 0.2) is 11.2 Å². The Kier molecular flexibility index (Phi) is 13.3. The number of pyridine rings is 1. The number of thiophene rings is 1. The number of carbonyl (C=O) groups is 1. The SMILES string of the molecule is CCC.CCCOC1CN(C(C)=N/C=c2/c3c(c(-c4ncc(F)c5sc(NC(=O)OC(C)(C)C)c(C#N)c45)c(F)c2=C(C)CC)COC3)CC1C. The third kappa shape index (κ3) is 8.76. The molecule has 2 aromatic heterocycles. The lowest BCUT2D eigenvalue weighted by atomic mass is 9.92. The Morgan fingerprint density at radius 1 is 1.20 bits per heavy atom. The molecule has 2 aliphatic rings. The van der Waals surface area contributed by atoms with Gasteiger partial charge in [-0.1, -0.05) is 46.6 Å². The van der Waals surface area contributed by atoms with Crippen molar-refractivity contribution in [3.8, 4) is 17.3 Å². The second-order valence-corrected chi connectivity index (χ2v) is 15.1. The number of likely N-dealkylation sites (tertiary alicyclic amines) is 1. The number of amidine groups is 1. The third-order valence-corrected chi connectivity index (χ3v) is 9.81. The summed E-state index contributed by atoms with van der Waals surface area (Å²) in [5, 5.41) is 14.1. The number of nitriles is 1. The second kappa shape index (κ2) is 17.1. The van der Waals surface area contributed by atoms with Gasteiger partial charge in [0.1, 0.15) is 28.3 Å². The zero-order valence-corrected chi connectivity index (χ0v) is 32.4.